The van der Waals surface area contributed by atoms with E-state index >= 15 is 0 Å². The standard InChI is InChI=1S/C15H13BrN6O/c16-11-6-10-9-22(20-14(10)18-8-11)13-7-12(2-3-17-13)19-15(23)21-4-1-5-21/h2-3,6-9H,1,4-5H2,(H,17,19,23). The predicted octanol–water partition coefficient (Wildman–Crippen LogP) is 2.82. The van der Waals surface area contributed by atoms with E-state index in [1.165, 1.54) is 0 Å². The molecule has 3 aromatic heterocycles. The molecule has 0 atom stereocenters. The fourth-order valence-electron chi connectivity index (χ4n) is 2.35. The minimum Gasteiger partial charge on any atom is -0.324 e. The fourth-order valence-corrected chi connectivity index (χ4v) is 2.70. The lowest BCUT2D eigenvalue weighted by molar-refractivity contribution is 0.181. The normalized spacial score (nSPS) is 13.9. The zero-order chi connectivity index (χ0) is 15.8. The maximum atomic E-state index is 12.0. The van der Waals surface area contributed by atoms with Gasteiger partial charge in [0.15, 0.2) is 11.5 Å². The number of pyridine rings is 2. The van der Waals surface area contributed by atoms with Crippen molar-refractivity contribution >= 4 is 38.7 Å². The van der Waals surface area contributed by atoms with E-state index in [9.17, 15) is 4.79 Å². The number of nitrogens with zero attached hydrogens (tertiary/aromatic N) is 5. The summed E-state index contributed by atoms with van der Waals surface area (Å²) in [5, 5.41) is 8.20. The maximum Gasteiger partial charge on any atom is 0.321 e. The lowest BCUT2D eigenvalue weighted by Gasteiger charge is -2.30. The van der Waals surface area contributed by atoms with E-state index < -0.39 is 0 Å². The van der Waals surface area contributed by atoms with Gasteiger partial charge in [-0.3, -0.25) is 0 Å². The molecule has 0 radical (unpaired) electrons. The number of rotatable bonds is 2. The van der Waals surface area contributed by atoms with Crippen LogP contribution in [0.3, 0.4) is 0 Å². The summed E-state index contributed by atoms with van der Waals surface area (Å²) in [6.45, 7) is 1.63. The van der Waals surface area contributed by atoms with Crippen molar-refractivity contribution in [3.8, 4) is 5.82 Å². The molecule has 1 saturated heterocycles. The Labute approximate surface area is 140 Å². The van der Waals surface area contributed by atoms with E-state index in [1.54, 1.807) is 34.1 Å². The van der Waals surface area contributed by atoms with E-state index in [0.717, 1.165) is 29.4 Å². The van der Waals surface area contributed by atoms with Gasteiger partial charge in [-0.05, 0) is 34.5 Å². The van der Waals surface area contributed by atoms with Crippen LogP contribution in [-0.2, 0) is 0 Å². The van der Waals surface area contributed by atoms with Crippen LogP contribution in [-0.4, -0.2) is 43.8 Å². The molecule has 7 nitrogen and oxygen atoms in total. The topological polar surface area (TPSA) is 75.9 Å². The number of carbonyl (C=O) groups excluding carboxylic acids is 1. The molecule has 0 saturated carbocycles. The number of halogens is 1. The Hall–Kier alpha value is -2.48. The third-order valence-electron chi connectivity index (χ3n) is 3.70. The van der Waals surface area contributed by atoms with Crippen molar-refractivity contribution in [1.29, 1.82) is 0 Å². The molecule has 4 heterocycles. The Morgan fingerprint density at radius 3 is 2.91 bits per heavy atom. The molecular formula is C15H13BrN6O. The quantitative estimate of drug-likeness (QED) is 0.750. The van der Waals surface area contributed by atoms with Crippen LogP contribution in [0.1, 0.15) is 6.42 Å². The number of hydrogen-bond donors (Lipinski definition) is 1. The number of anilines is 1. The highest BCUT2D eigenvalue weighted by atomic mass is 79.9. The predicted molar refractivity (Wildman–Crippen MR) is 89.6 cm³/mol. The van der Waals surface area contributed by atoms with Crippen molar-refractivity contribution in [1.82, 2.24) is 24.6 Å². The first kappa shape index (κ1) is 14.1. The summed E-state index contributed by atoms with van der Waals surface area (Å²) in [6, 6.07) is 5.42. The molecule has 116 valence electrons. The first-order valence-electron chi connectivity index (χ1n) is 7.22. The van der Waals surface area contributed by atoms with Gasteiger partial charge < -0.3 is 10.2 Å². The molecule has 0 spiro atoms. The van der Waals surface area contributed by atoms with Crippen LogP contribution < -0.4 is 5.32 Å². The van der Waals surface area contributed by atoms with E-state index in [2.05, 4.69) is 36.3 Å². The number of urea groups is 1. The minimum atomic E-state index is -0.0791. The van der Waals surface area contributed by atoms with E-state index in [0.29, 0.717) is 17.2 Å². The molecule has 23 heavy (non-hydrogen) atoms. The fraction of sp³-hybridized carbons (Fsp3) is 0.200. The first-order valence-corrected chi connectivity index (χ1v) is 8.02. The molecule has 0 aromatic carbocycles. The number of carbonyl (C=O) groups is 1. The molecule has 4 rings (SSSR count). The molecule has 0 bridgehead atoms. The SMILES string of the molecule is O=C(Nc1ccnc(-n2cc3cc(Br)cnc3n2)c1)N1CCC1. The summed E-state index contributed by atoms with van der Waals surface area (Å²) < 4.78 is 2.55. The molecule has 0 aliphatic carbocycles. The van der Waals surface area contributed by atoms with Crippen LogP contribution in [0, 0.1) is 0 Å². The molecule has 8 heteroatoms. The molecule has 1 N–H and O–H groups in total. The van der Waals surface area contributed by atoms with Crippen molar-refractivity contribution in [3.05, 3.63) is 41.3 Å². The van der Waals surface area contributed by atoms with Crippen molar-refractivity contribution < 1.29 is 4.79 Å². The van der Waals surface area contributed by atoms with E-state index in [-0.39, 0.29) is 6.03 Å². The van der Waals surface area contributed by atoms with Gasteiger partial charge in [0, 0.05) is 53.3 Å². The second-order valence-corrected chi connectivity index (χ2v) is 6.23. The summed E-state index contributed by atoms with van der Waals surface area (Å²) in [6.07, 6.45) is 6.28. The summed E-state index contributed by atoms with van der Waals surface area (Å²) >= 11 is 3.40. The van der Waals surface area contributed by atoms with Crippen LogP contribution in [0.5, 0.6) is 0 Å². The monoisotopic (exact) mass is 372 g/mol. The van der Waals surface area contributed by atoms with Crippen molar-refractivity contribution in [3.63, 3.8) is 0 Å². The van der Waals surface area contributed by atoms with Gasteiger partial charge in [-0.1, -0.05) is 0 Å². The molecule has 1 fully saturated rings. The van der Waals surface area contributed by atoms with Gasteiger partial charge in [0.25, 0.3) is 0 Å². The molecule has 1 aliphatic heterocycles. The summed E-state index contributed by atoms with van der Waals surface area (Å²) in [4.78, 5) is 22.3. The maximum absolute atomic E-state index is 12.0. The zero-order valence-corrected chi connectivity index (χ0v) is 13.7. The molecule has 2 amide bonds. The molecular weight excluding hydrogens is 360 g/mol. The van der Waals surface area contributed by atoms with Gasteiger partial charge >= 0.3 is 6.03 Å². The lowest BCUT2D eigenvalue weighted by atomic mass is 10.2. The Balaban J connectivity index is 1.62. The molecule has 1 aliphatic rings. The largest absolute Gasteiger partial charge is 0.324 e. The van der Waals surface area contributed by atoms with Crippen molar-refractivity contribution in [2.24, 2.45) is 0 Å². The lowest BCUT2D eigenvalue weighted by Crippen LogP contribution is -2.44. The van der Waals surface area contributed by atoms with Crippen LogP contribution in [0.25, 0.3) is 16.9 Å². The number of amides is 2. The smallest absolute Gasteiger partial charge is 0.321 e. The van der Waals surface area contributed by atoms with Gasteiger partial charge in [0.2, 0.25) is 0 Å². The van der Waals surface area contributed by atoms with E-state index in [1.807, 2.05) is 12.3 Å². The highest BCUT2D eigenvalue weighted by Gasteiger charge is 2.20. The number of nitrogens with one attached hydrogen (secondary N) is 1. The average Bonchev–Trinajstić information content (AvgIpc) is 2.88. The minimum absolute atomic E-state index is 0.0791. The Morgan fingerprint density at radius 1 is 1.26 bits per heavy atom. The highest BCUT2D eigenvalue weighted by molar-refractivity contribution is 9.10. The average molecular weight is 373 g/mol. The Kier molecular flexibility index (Phi) is 3.45. The Morgan fingerprint density at radius 2 is 2.13 bits per heavy atom. The number of likely N-dealkylation sites (tertiary alicyclic amines) is 1. The van der Waals surface area contributed by atoms with Crippen molar-refractivity contribution in [2.45, 2.75) is 6.42 Å². The summed E-state index contributed by atoms with van der Waals surface area (Å²) in [5.41, 5.74) is 1.34. The third-order valence-corrected chi connectivity index (χ3v) is 4.13. The van der Waals surface area contributed by atoms with Gasteiger partial charge in [-0.15, -0.1) is 5.10 Å². The number of hydrogen-bond acceptors (Lipinski definition) is 4. The Bertz CT molecular complexity index is 889. The van der Waals surface area contributed by atoms with Crippen LogP contribution >= 0.6 is 15.9 Å². The third kappa shape index (κ3) is 2.77. The van der Waals surface area contributed by atoms with Crippen LogP contribution in [0.15, 0.2) is 41.3 Å². The van der Waals surface area contributed by atoms with Crippen LogP contribution in [0.4, 0.5) is 10.5 Å². The zero-order valence-electron chi connectivity index (χ0n) is 12.1. The van der Waals surface area contributed by atoms with E-state index in [4.69, 9.17) is 0 Å². The number of aromatic nitrogens is 4. The van der Waals surface area contributed by atoms with Gasteiger partial charge in [0.1, 0.15) is 0 Å². The molecule has 3 aromatic rings. The second-order valence-electron chi connectivity index (χ2n) is 5.31. The first-order chi connectivity index (χ1) is 11.2. The highest BCUT2D eigenvalue weighted by Crippen LogP contribution is 2.19. The molecule has 0 unspecified atom stereocenters. The van der Waals surface area contributed by atoms with Gasteiger partial charge in [-0.2, -0.15) is 0 Å². The van der Waals surface area contributed by atoms with Crippen molar-refractivity contribution in [2.75, 3.05) is 18.4 Å². The summed E-state index contributed by atoms with van der Waals surface area (Å²) in [7, 11) is 0. The number of fused-ring (bicyclic) bond motifs is 1. The van der Waals surface area contributed by atoms with Gasteiger partial charge in [-0.25, -0.2) is 19.4 Å². The second kappa shape index (κ2) is 5.62. The van der Waals surface area contributed by atoms with Gasteiger partial charge in [0.05, 0.1) is 0 Å². The summed E-state index contributed by atoms with van der Waals surface area (Å²) in [5.74, 6) is 0.625. The van der Waals surface area contributed by atoms with Crippen LogP contribution in [0.2, 0.25) is 0 Å².